The number of benzene rings is 1. The van der Waals surface area contributed by atoms with Gasteiger partial charge in [-0.1, -0.05) is 24.3 Å². The molecule has 1 saturated heterocycles. The van der Waals surface area contributed by atoms with Crippen LogP contribution in [0.15, 0.2) is 24.3 Å². The molecule has 0 spiro atoms. The second-order valence-electron chi connectivity index (χ2n) is 5.50. The van der Waals surface area contributed by atoms with E-state index >= 15 is 0 Å². The van der Waals surface area contributed by atoms with Gasteiger partial charge in [-0.25, -0.2) is 0 Å². The Morgan fingerprint density at radius 2 is 1.88 bits per heavy atom. The Kier molecular flexibility index (Phi) is 3.85. The molecule has 1 fully saturated rings. The molecule has 1 aliphatic heterocycles. The largest absolute Gasteiger partial charge is 0.329 e. The standard InChI is InChI=1S/C15H24N2/c1-13-7-3-4-8-14(13)11-15(2,12-16)17-9-5-6-10-17/h3-4,7-8H,5-6,9-12,16H2,1-2H3. The van der Waals surface area contributed by atoms with Crippen LogP contribution in [-0.2, 0) is 6.42 Å². The Morgan fingerprint density at radius 3 is 2.47 bits per heavy atom. The number of aryl methyl sites for hydroxylation is 1. The number of likely N-dealkylation sites (tertiary alicyclic amines) is 1. The molecule has 1 aromatic carbocycles. The second-order valence-corrected chi connectivity index (χ2v) is 5.50. The van der Waals surface area contributed by atoms with Gasteiger partial charge in [0.15, 0.2) is 0 Å². The fourth-order valence-electron chi connectivity index (χ4n) is 2.79. The summed E-state index contributed by atoms with van der Waals surface area (Å²) >= 11 is 0. The lowest BCUT2D eigenvalue weighted by Crippen LogP contribution is -2.52. The monoisotopic (exact) mass is 232 g/mol. The Balaban J connectivity index is 2.16. The second kappa shape index (κ2) is 5.19. The van der Waals surface area contributed by atoms with Gasteiger partial charge in [-0.2, -0.15) is 0 Å². The van der Waals surface area contributed by atoms with E-state index in [9.17, 15) is 0 Å². The maximum absolute atomic E-state index is 6.04. The zero-order valence-corrected chi connectivity index (χ0v) is 11.1. The molecule has 0 aromatic heterocycles. The minimum Gasteiger partial charge on any atom is -0.329 e. The van der Waals surface area contributed by atoms with Gasteiger partial charge in [-0.15, -0.1) is 0 Å². The van der Waals surface area contributed by atoms with E-state index in [2.05, 4.69) is 43.0 Å². The first kappa shape index (κ1) is 12.6. The van der Waals surface area contributed by atoms with E-state index < -0.39 is 0 Å². The number of hydrogen-bond acceptors (Lipinski definition) is 2. The van der Waals surface area contributed by atoms with Crippen molar-refractivity contribution in [3.63, 3.8) is 0 Å². The van der Waals surface area contributed by atoms with E-state index in [1.807, 2.05) is 0 Å². The summed E-state index contributed by atoms with van der Waals surface area (Å²) in [6, 6.07) is 8.66. The van der Waals surface area contributed by atoms with Gasteiger partial charge in [-0.3, -0.25) is 4.90 Å². The zero-order valence-electron chi connectivity index (χ0n) is 11.1. The Hall–Kier alpha value is -0.860. The van der Waals surface area contributed by atoms with E-state index in [-0.39, 0.29) is 5.54 Å². The average Bonchev–Trinajstić information content (AvgIpc) is 2.86. The van der Waals surface area contributed by atoms with Gasteiger partial charge in [-0.05, 0) is 57.3 Å². The summed E-state index contributed by atoms with van der Waals surface area (Å²) in [4.78, 5) is 2.57. The smallest absolute Gasteiger partial charge is 0.0343 e. The molecular weight excluding hydrogens is 208 g/mol. The molecule has 0 aliphatic carbocycles. The van der Waals surface area contributed by atoms with Crippen molar-refractivity contribution in [3.8, 4) is 0 Å². The summed E-state index contributed by atoms with van der Waals surface area (Å²) in [6.07, 6.45) is 3.71. The van der Waals surface area contributed by atoms with Crippen LogP contribution >= 0.6 is 0 Å². The van der Waals surface area contributed by atoms with Crippen molar-refractivity contribution < 1.29 is 0 Å². The molecule has 2 rings (SSSR count). The van der Waals surface area contributed by atoms with Gasteiger partial charge in [0.2, 0.25) is 0 Å². The lowest BCUT2D eigenvalue weighted by atomic mass is 9.89. The number of hydrogen-bond donors (Lipinski definition) is 1. The van der Waals surface area contributed by atoms with Crippen molar-refractivity contribution in [1.82, 2.24) is 4.90 Å². The van der Waals surface area contributed by atoms with E-state index in [0.717, 1.165) is 13.0 Å². The third kappa shape index (κ3) is 2.70. The lowest BCUT2D eigenvalue weighted by molar-refractivity contribution is 0.142. The molecule has 0 radical (unpaired) electrons. The van der Waals surface area contributed by atoms with Crippen LogP contribution in [0, 0.1) is 6.92 Å². The summed E-state index contributed by atoms with van der Waals surface area (Å²) in [5.74, 6) is 0. The molecular formula is C15H24N2. The molecule has 0 amide bonds. The van der Waals surface area contributed by atoms with Crippen LogP contribution in [0.25, 0.3) is 0 Å². The molecule has 1 atom stereocenters. The maximum Gasteiger partial charge on any atom is 0.0343 e. The van der Waals surface area contributed by atoms with Gasteiger partial charge in [0.25, 0.3) is 0 Å². The van der Waals surface area contributed by atoms with Crippen molar-refractivity contribution >= 4 is 0 Å². The molecule has 0 bridgehead atoms. The van der Waals surface area contributed by atoms with Crippen molar-refractivity contribution in [2.45, 2.75) is 38.6 Å². The number of nitrogens with zero attached hydrogens (tertiary/aromatic N) is 1. The molecule has 2 N–H and O–H groups in total. The molecule has 1 unspecified atom stereocenters. The first-order valence-electron chi connectivity index (χ1n) is 6.65. The van der Waals surface area contributed by atoms with Crippen molar-refractivity contribution in [3.05, 3.63) is 35.4 Å². The molecule has 94 valence electrons. The van der Waals surface area contributed by atoms with Crippen LogP contribution in [0.3, 0.4) is 0 Å². The lowest BCUT2D eigenvalue weighted by Gasteiger charge is -2.38. The fraction of sp³-hybridized carbons (Fsp3) is 0.600. The normalized spacial score (nSPS) is 20.4. The first-order chi connectivity index (χ1) is 8.15. The third-order valence-electron chi connectivity index (χ3n) is 4.14. The Labute approximate surface area is 105 Å². The van der Waals surface area contributed by atoms with Crippen LogP contribution in [0.5, 0.6) is 0 Å². The molecule has 2 heteroatoms. The minimum atomic E-state index is 0.128. The van der Waals surface area contributed by atoms with Gasteiger partial charge >= 0.3 is 0 Å². The fourth-order valence-corrected chi connectivity index (χ4v) is 2.79. The molecule has 1 aliphatic rings. The van der Waals surface area contributed by atoms with E-state index in [1.165, 1.54) is 37.1 Å². The third-order valence-corrected chi connectivity index (χ3v) is 4.14. The van der Waals surface area contributed by atoms with Crippen molar-refractivity contribution in [1.29, 1.82) is 0 Å². The zero-order chi connectivity index (χ0) is 12.3. The Bertz CT molecular complexity index is 369. The van der Waals surface area contributed by atoms with E-state index in [1.54, 1.807) is 0 Å². The average molecular weight is 232 g/mol. The summed E-state index contributed by atoms with van der Waals surface area (Å²) in [7, 11) is 0. The highest BCUT2D eigenvalue weighted by atomic mass is 15.2. The molecule has 2 nitrogen and oxygen atoms in total. The van der Waals surface area contributed by atoms with Gasteiger partial charge in [0.1, 0.15) is 0 Å². The minimum absolute atomic E-state index is 0.128. The van der Waals surface area contributed by atoms with Crippen LogP contribution in [0.4, 0.5) is 0 Å². The Morgan fingerprint density at radius 1 is 1.24 bits per heavy atom. The highest BCUT2D eigenvalue weighted by Gasteiger charge is 2.32. The van der Waals surface area contributed by atoms with Crippen molar-refractivity contribution in [2.24, 2.45) is 5.73 Å². The van der Waals surface area contributed by atoms with Crippen molar-refractivity contribution in [2.75, 3.05) is 19.6 Å². The van der Waals surface area contributed by atoms with E-state index in [4.69, 9.17) is 5.73 Å². The van der Waals surface area contributed by atoms with E-state index in [0.29, 0.717) is 0 Å². The highest BCUT2D eigenvalue weighted by Crippen LogP contribution is 2.25. The summed E-state index contributed by atoms with van der Waals surface area (Å²) < 4.78 is 0. The topological polar surface area (TPSA) is 29.3 Å². The summed E-state index contributed by atoms with van der Waals surface area (Å²) in [5.41, 5.74) is 8.99. The molecule has 0 saturated carbocycles. The predicted octanol–water partition coefficient (Wildman–Crippen LogP) is 2.35. The summed E-state index contributed by atoms with van der Waals surface area (Å²) in [6.45, 7) is 7.65. The molecule has 1 heterocycles. The highest BCUT2D eigenvalue weighted by molar-refractivity contribution is 5.27. The van der Waals surface area contributed by atoms with Crippen LogP contribution < -0.4 is 5.73 Å². The van der Waals surface area contributed by atoms with Crippen LogP contribution in [-0.4, -0.2) is 30.1 Å². The number of nitrogens with two attached hydrogens (primary N) is 1. The summed E-state index contributed by atoms with van der Waals surface area (Å²) in [5, 5.41) is 0. The van der Waals surface area contributed by atoms with Crippen LogP contribution in [0.1, 0.15) is 30.9 Å². The molecule has 1 aromatic rings. The molecule has 17 heavy (non-hydrogen) atoms. The van der Waals surface area contributed by atoms with Crippen LogP contribution in [0.2, 0.25) is 0 Å². The number of rotatable bonds is 4. The predicted molar refractivity (Wildman–Crippen MR) is 73.1 cm³/mol. The first-order valence-corrected chi connectivity index (χ1v) is 6.65. The SMILES string of the molecule is Cc1ccccc1CC(C)(CN)N1CCCC1. The maximum atomic E-state index is 6.04. The quantitative estimate of drug-likeness (QED) is 0.863. The van der Waals surface area contributed by atoms with Gasteiger partial charge < -0.3 is 5.73 Å². The van der Waals surface area contributed by atoms with Gasteiger partial charge in [0.05, 0.1) is 0 Å². The van der Waals surface area contributed by atoms with Gasteiger partial charge in [0, 0.05) is 12.1 Å².